The first kappa shape index (κ1) is 14.7. The average molecular weight is 290 g/mol. The number of amides is 1. The van der Waals surface area contributed by atoms with Gasteiger partial charge in [-0.2, -0.15) is 0 Å². The van der Waals surface area contributed by atoms with Gasteiger partial charge in [0.1, 0.15) is 11.4 Å². The Labute approximate surface area is 122 Å². The van der Waals surface area contributed by atoms with Crippen LogP contribution >= 0.6 is 11.8 Å². The number of hydrogen-bond acceptors (Lipinski definition) is 5. The number of rotatable bonds is 5. The minimum Gasteiger partial charge on any atom is -0.368 e. The number of benzene rings is 1. The molecule has 5 nitrogen and oxygen atoms in total. The fourth-order valence-electron chi connectivity index (χ4n) is 2.00. The second-order valence-electron chi connectivity index (χ2n) is 5.11. The molecule has 2 aromatic rings. The SMILES string of the molecule is CC(CC(C)(N)C(N)=O)Sc1ncnc2ccccc12. The molecule has 4 N–H and O–H groups in total. The van der Waals surface area contributed by atoms with Crippen LogP contribution in [-0.4, -0.2) is 26.7 Å². The zero-order valence-electron chi connectivity index (χ0n) is 11.5. The third-order valence-corrected chi connectivity index (χ3v) is 4.21. The third-order valence-electron chi connectivity index (χ3n) is 3.09. The molecule has 0 saturated carbocycles. The summed E-state index contributed by atoms with van der Waals surface area (Å²) < 4.78 is 0. The van der Waals surface area contributed by atoms with Crippen LogP contribution in [-0.2, 0) is 4.79 Å². The molecule has 1 aromatic carbocycles. The van der Waals surface area contributed by atoms with Gasteiger partial charge >= 0.3 is 0 Å². The summed E-state index contributed by atoms with van der Waals surface area (Å²) in [6.07, 6.45) is 2.04. The highest BCUT2D eigenvalue weighted by molar-refractivity contribution is 8.00. The second-order valence-corrected chi connectivity index (χ2v) is 6.54. The van der Waals surface area contributed by atoms with Crippen LogP contribution in [0.25, 0.3) is 10.9 Å². The summed E-state index contributed by atoms with van der Waals surface area (Å²) >= 11 is 1.58. The van der Waals surface area contributed by atoms with Gasteiger partial charge in [0.15, 0.2) is 0 Å². The van der Waals surface area contributed by atoms with E-state index in [4.69, 9.17) is 11.5 Å². The van der Waals surface area contributed by atoms with E-state index in [1.54, 1.807) is 25.0 Å². The van der Waals surface area contributed by atoms with Gasteiger partial charge in [0, 0.05) is 10.6 Å². The summed E-state index contributed by atoms with van der Waals surface area (Å²) in [5, 5.41) is 2.02. The van der Waals surface area contributed by atoms with E-state index in [0.717, 1.165) is 15.9 Å². The Kier molecular flexibility index (Phi) is 4.25. The van der Waals surface area contributed by atoms with Crippen LogP contribution in [0.2, 0.25) is 0 Å². The second kappa shape index (κ2) is 5.76. The Balaban J connectivity index is 2.18. The standard InChI is InChI=1S/C14H18N4OS/c1-9(7-14(2,16)13(15)19)20-12-10-5-3-4-6-11(10)17-8-18-12/h3-6,8-9H,7,16H2,1-2H3,(H2,15,19). The van der Waals surface area contributed by atoms with Gasteiger partial charge in [0.25, 0.3) is 0 Å². The molecular weight excluding hydrogens is 272 g/mol. The van der Waals surface area contributed by atoms with Crippen molar-refractivity contribution < 1.29 is 4.79 Å². The lowest BCUT2D eigenvalue weighted by Crippen LogP contribution is -2.50. The lowest BCUT2D eigenvalue weighted by atomic mass is 9.97. The highest BCUT2D eigenvalue weighted by atomic mass is 32.2. The van der Waals surface area contributed by atoms with Gasteiger partial charge < -0.3 is 11.5 Å². The third kappa shape index (κ3) is 3.26. The number of fused-ring (bicyclic) bond motifs is 1. The van der Waals surface area contributed by atoms with E-state index in [2.05, 4.69) is 9.97 Å². The Morgan fingerprint density at radius 3 is 2.80 bits per heavy atom. The first-order chi connectivity index (χ1) is 9.40. The van der Waals surface area contributed by atoms with Crippen LogP contribution in [0, 0.1) is 0 Å². The number of aromatic nitrogens is 2. The summed E-state index contributed by atoms with van der Waals surface area (Å²) in [7, 11) is 0. The first-order valence-electron chi connectivity index (χ1n) is 6.35. The highest BCUT2D eigenvalue weighted by Gasteiger charge is 2.28. The fraction of sp³-hybridized carbons (Fsp3) is 0.357. The monoisotopic (exact) mass is 290 g/mol. The lowest BCUT2D eigenvalue weighted by molar-refractivity contribution is -0.122. The number of carbonyl (C=O) groups excluding carboxylic acids is 1. The molecule has 0 radical (unpaired) electrons. The molecule has 6 heteroatoms. The molecule has 0 fully saturated rings. The molecule has 0 aliphatic heterocycles. The zero-order chi connectivity index (χ0) is 14.8. The maximum Gasteiger partial charge on any atom is 0.237 e. The van der Waals surface area contributed by atoms with E-state index < -0.39 is 11.4 Å². The Hall–Kier alpha value is -1.66. The summed E-state index contributed by atoms with van der Waals surface area (Å²) in [6.45, 7) is 3.67. The van der Waals surface area contributed by atoms with E-state index in [9.17, 15) is 4.79 Å². The Bertz CT molecular complexity index is 624. The molecule has 0 aliphatic carbocycles. The van der Waals surface area contributed by atoms with Gasteiger partial charge in [0.2, 0.25) is 5.91 Å². The number of nitrogens with zero attached hydrogens (tertiary/aromatic N) is 2. The Morgan fingerprint density at radius 1 is 1.40 bits per heavy atom. The zero-order valence-corrected chi connectivity index (χ0v) is 12.4. The van der Waals surface area contributed by atoms with E-state index in [-0.39, 0.29) is 5.25 Å². The summed E-state index contributed by atoms with van der Waals surface area (Å²) in [6, 6.07) is 7.83. The molecule has 0 spiro atoms. The van der Waals surface area contributed by atoms with Gasteiger partial charge in [-0.1, -0.05) is 25.1 Å². The van der Waals surface area contributed by atoms with Crippen molar-refractivity contribution in [2.45, 2.75) is 36.1 Å². The van der Waals surface area contributed by atoms with E-state index >= 15 is 0 Å². The van der Waals surface area contributed by atoms with Gasteiger partial charge in [-0.15, -0.1) is 11.8 Å². The number of para-hydroxylation sites is 1. The molecule has 0 aliphatic rings. The summed E-state index contributed by atoms with van der Waals surface area (Å²) in [5.74, 6) is -0.488. The van der Waals surface area contributed by atoms with Crippen molar-refractivity contribution in [3.63, 3.8) is 0 Å². The number of primary amides is 1. The van der Waals surface area contributed by atoms with Crippen molar-refractivity contribution in [2.75, 3.05) is 0 Å². The summed E-state index contributed by atoms with van der Waals surface area (Å²) in [4.78, 5) is 19.8. The molecular formula is C14H18N4OS. The number of carbonyl (C=O) groups is 1. The van der Waals surface area contributed by atoms with Gasteiger partial charge in [-0.05, 0) is 19.4 Å². The maximum atomic E-state index is 11.3. The van der Waals surface area contributed by atoms with Crippen LogP contribution in [0.15, 0.2) is 35.6 Å². The van der Waals surface area contributed by atoms with Crippen molar-refractivity contribution in [3.8, 4) is 0 Å². The van der Waals surface area contributed by atoms with Crippen molar-refractivity contribution in [1.29, 1.82) is 0 Å². The van der Waals surface area contributed by atoms with Crippen LogP contribution in [0.1, 0.15) is 20.3 Å². The minimum atomic E-state index is -1.00. The number of nitrogens with two attached hydrogens (primary N) is 2. The first-order valence-corrected chi connectivity index (χ1v) is 7.23. The van der Waals surface area contributed by atoms with Crippen LogP contribution in [0.3, 0.4) is 0 Å². The molecule has 106 valence electrons. The largest absolute Gasteiger partial charge is 0.368 e. The van der Waals surface area contributed by atoms with Gasteiger partial charge in [0.05, 0.1) is 11.1 Å². The number of thioether (sulfide) groups is 1. The molecule has 1 amide bonds. The van der Waals surface area contributed by atoms with Crippen molar-refractivity contribution in [3.05, 3.63) is 30.6 Å². The topological polar surface area (TPSA) is 94.9 Å². The molecule has 2 unspecified atom stereocenters. The fourth-order valence-corrected chi connectivity index (χ4v) is 3.22. The van der Waals surface area contributed by atoms with E-state index in [0.29, 0.717) is 6.42 Å². The molecule has 1 heterocycles. The van der Waals surface area contributed by atoms with Gasteiger partial charge in [-0.25, -0.2) is 9.97 Å². The smallest absolute Gasteiger partial charge is 0.237 e. The molecule has 0 saturated heterocycles. The van der Waals surface area contributed by atoms with E-state index in [1.807, 2.05) is 31.2 Å². The number of hydrogen-bond donors (Lipinski definition) is 2. The Morgan fingerprint density at radius 2 is 2.10 bits per heavy atom. The maximum absolute atomic E-state index is 11.3. The van der Waals surface area contributed by atoms with Crippen LogP contribution in [0.5, 0.6) is 0 Å². The lowest BCUT2D eigenvalue weighted by Gasteiger charge is -2.24. The van der Waals surface area contributed by atoms with Crippen LogP contribution in [0.4, 0.5) is 0 Å². The van der Waals surface area contributed by atoms with Gasteiger partial charge in [-0.3, -0.25) is 4.79 Å². The van der Waals surface area contributed by atoms with Crippen molar-refractivity contribution >= 4 is 28.6 Å². The van der Waals surface area contributed by atoms with Crippen LogP contribution < -0.4 is 11.5 Å². The molecule has 2 atom stereocenters. The minimum absolute atomic E-state index is 0.121. The molecule has 1 aromatic heterocycles. The van der Waals surface area contributed by atoms with E-state index in [1.165, 1.54) is 0 Å². The average Bonchev–Trinajstić information content (AvgIpc) is 2.38. The normalized spacial score (nSPS) is 15.8. The predicted octanol–water partition coefficient (Wildman–Crippen LogP) is 1.70. The quantitative estimate of drug-likeness (QED) is 0.645. The van der Waals surface area contributed by atoms with Crippen molar-refractivity contribution in [1.82, 2.24) is 9.97 Å². The van der Waals surface area contributed by atoms with Crippen molar-refractivity contribution in [2.24, 2.45) is 11.5 Å². The molecule has 2 rings (SSSR count). The molecule has 0 bridgehead atoms. The summed E-state index contributed by atoms with van der Waals surface area (Å²) in [5.41, 5.74) is 11.1. The predicted molar refractivity (Wildman–Crippen MR) is 81.3 cm³/mol. The highest BCUT2D eigenvalue weighted by Crippen LogP contribution is 2.30. The molecule has 20 heavy (non-hydrogen) atoms.